The lowest BCUT2D eigenvalue weighted by Crippen LogP contribution is -2.47. The number of carbonyl (C=O) groups is 1. The largest absolute Gasteiger partial charge is 0.377 e. The lowest BCUT2D eigenvalue weighted by Gasteiger charge is -2.33. The third-order valence-corrected chi connectivity index (χ3v) is 3.79. The normalized spacial score (nSPS) is 19.5. The summed E-state index contributed by atoms with van der Waals surface area (Å²) in [7, 11) is 0. The predicted octanol–water partition coefficient (Wildman–Crippen LogP) is 2.57. The van der Waals surface area contributed by atoms with Crippen LogP contribution in [0.15, 0.2) is 24.3 Å². The first-order valence-electron chi connectivity index (χ1n) is 7.10. The molecule has 1 unspecified atom stereocenters. The van der Waals surface area contributed by atoms with Gasteiger partial charge in [0.15, 0.2) is 0 Å². The molecule has 1 saturated heterocycles. The summed E-state index contributed by atoms with van der Waals surface area (Å²) in [6.07, 6.45) is 2.55. The Bertz CT molecular complexity index is 431. The van der Waals surface area contributed by atoms with E-state index in [2.05, 4.69) is 38.1 Å². The molecule has 2 rings (SSSR count). The van der Waals surface area contributed by atoms with Crippen LogP contribution in [-0.2, 0) is 16.0 Å². The van der Waals surface area contributed by atoms with Crippen LogP contribution in [0.25, 0.3) is 0 Å². The van der Waals surface area contributed by atoms with E-state index >= 15 is 0 Å². The van der Waals surface area contributed by atoms with Gasteiger partial charge in [-0.1, -0.05) is 24.3 Å². The van der Waals surface area contributed by atoms with Crippen LogP contribution in [0.3, 0.4) is 0 Å². The summed E-state index contributed by atoms with van der Waals surface area (Å²) in [6, 6.07) is 8.62. The van der Waals surface area contributed by atoms with Gasteiger partial charge in [0, 0.05) is 13.0 Å². The van der Waals surface area contributed by atoms with Gasteiger partial charge in [-0.25, -0.2) is 0 Å². The van der Waals surface area contributed by atoms with Crippen molar-refractivity contribution in [3.63, 3.8) is 0 Å². The molecule has 0 bridgehead atoms. The molecule has 0 spiro atoms. The van der Waals surface area contributed by atoms with Crippen LogP contribution in [0.5, 0.6) is 0 Å². The lowest BCUT2D eigenvalue weighted by atomic mass is 10.0. The molecular formula is C16H23NO2. The fourth-order valence-electron chi connectivity index (χ4n) is 2.56. The third kappa shape index (κ3) is 3.80. The van der Waals surface area contributed by atoms with Crippen molar-refractivity contribution in [1.82, 2.24) is 4.90 Å². The molecule has 104 valence electrons. The number of hydrogen-bond donors (Lipinski definition) is 0. The standard InChI is InChI=1S/C16H23NO2/c1-13-6-3-4-7-15(13)8-5-9-16(18)17-10-11-19-12-14(17)2/h3-4,6-7,14H,5,8-12H2,1-2H3. The fourth-order valence-corrected chi connectivity index (χ4v) is 2.56. The average Bonchev–Trinajstić information content (AvgIpc) is 2.41. The second-order valence-corrected chi connectivity index (χ2v) is 5.29. The van der Waals surface area contributed by atoms with Crippen LogP contribution in [0.1, 0.15) is 30.9 Å². The Labute approximate surface area is 115 Å². The maximum atomic E-state index is 12.2. The van der Waals surface area contributed by atoms with Crippen molar-refractivity contribution in [3.05, 3.63) is 35.4 Å². The average molecular weight is 261 g/mol. The molecule has 1 fully saturated rings. The second kappa shape index (κ2) is 6.71. The number of carbonyl (C=O) groups excluding carboxylic acids is 1. The number of benzene rings is 1. The van der Waals surface area contributed by atoms with Gasteiger partial charge in [-0.3, -0.25) is 4.79 Å². The third-order valence-electron chi connectivity index (χ3n) is 3.79. The molecule has 0 N–H and O–H groups in total. The van der Waals surface area contributed by atoms with Crippen LogP contribution in [0.4, 0.5) is 0 Å². The summed E-state index contributed by atoms with van der Waals surface area (Å²) >= 11 is 0. The highest BCUT2D eigenvalue weighted by atomic mass is 16.5. The van der Waals surface area contributed by atoms with Crippen molar-refractivity contribution in [2.75, 3.05) is 19.8 Å². The number of hydrogen-bond acceptors (Lipinski definition) is 2. The van der Waals surface area contributed by atoms with Gasteiger partial charge in [-0.2, -0.15) is 0 Å². The van der Waals surface area contributed by atoms with Gasteiger partial charge in [-0.15, -0.1) is 0 Å². The zero-order chi connectivity index (χ0) is 13.7. The van der Waals surface area contributed by atoms with Gasteiger partial charge in [-0.05, 0) is 37.8 Å². The molecule has 3 nitrogen and oxygen atoms in total. The molecule has 1 aromatic rings. The van der Waals surface area contributed by atoms with Crippen LogP contribution in [0, 0.1) is 6.92 Å². The van der Waals surface area contributed by atoms with Gasteiger partial charge in [0.25, 0.3) is 0 Å². The Morgan fingerprint density at radius 2 is 2.21 bits per heavy atom. The topological polar surface area (TPSA) is 29.5 Å². The highest BCUT2D eigenvalue weighted by molar-refractivity contribution is 5.76. The molecule has 1 atom stereocenters. The van der Waals surface area contributed by atoms with Gasteiger partial charge in [0.2, 0.25) is 5.91 Å². The van der Waals surface area contributed by atoms with E-state index in [4.69, 9.17) is 4.74 Å². The molecular weight excluding hydrogens is 238 g/mol. The summed E-state index contributed by atoms with van der Waals surface area (Å²) in [5.74, 6) is 0.268. The number of amides is 1. The predicted molar refractivity (Wildman–Crippen MR) is 76.1 cm³/mol. The quantitative estimate of drug-likeness (QED) is 0.833. The smallest absolute Gasteiger partial charge is 0.222 e. The first-order valence-corrected chi connectivity index (χ1v) is 7.10. The first-order chi connectivity index (χ1) is 9.18. The lowest BCUT2D eigenvalue weighted by molar-refractivity contribution is -0.139. The summed E-state index contributed by atoms with van der Waals surface area (Å²) in [5.41, 5.74) is 2.67. The molecule has 1 amide bonds. The van der Waals surface area contributed by atoms with Crippen LogP contribution in [0.2, 0.25) is 0 Å². The highest BCUT2D eigenvalue weighted by Crippen LogP contribution is 2.13. The van der Waals surface area contributed by atoms with Crippen LogP contribution < -0.4 is 0 Å². The summed E-state index contributed by atoms with van der Waals surface area (Å²) in [6.45, 7) is 6.27. The van der Waals surface area contributed by atoms with Gasteiger partial charge in [0.1, 0.15) is 0 Å². The van der Waals surface area contributed by atoms with Crippen LogP contribution >= 0.6 is 0 Å². The van der Waals surface area contributed by atoms with Gasteiger partial charge in [0.05, 0.1) is 19.3 Å². The molecule has 19 heavy (non-hydrogen) atoms. The molecule has 1 heterocycles. The maximum Gasteiger partial charge on any atom is 0.222 e. The Balaban J connectivity index is 1.79. The molecule has 0 aliphatic carbocycles. The zero-order valence-electron chi connectivity index (χ0n) is 11.9. The van der Waals surface area contributed by atoms with Gasteiger partial charge >= 0.3 is 0 Å². The minimum atomic E-state index is 0.222. The van der Waals surface area contributed by atoms with E-state index in [-0.39, 0.29) is 11.9 Å². The van der Waals surface area contributed by atoms with E-state index < -0.39 is 0 Å². The van der Waals surface area contributed by atoms with E-state index in [1.54, 1.807) is 0 Å². The number of ether oxygens (including phenoxy) is 1. The van der Waals surface area contributed by atoms with Gasteiger partial charge < -0.3 is 9.64 Å². The minimum Gasteiger partial charge on any atom is -0.377 e. The monoisotopic (exact) mass is 261 g/mol. The Morgan fingerprint density at radius 3 is 2.95 bits per heavy atom. The van der Waals surface area contributed by atoms with Crippen LogP contribution in [-0.4, -0.2) is 36.6 Å². The minimum absolute atomic E-state index is 0.222. The van der Waals surface area contributed by atoms with Crippen molar-refractivity contribution in [2.45, 2.75) is 39.2 Å². The Hall–Kier alpha value is -1.35. The molecule has 1 aromatic carbocycles. The Morgan fingerprint density at radius 1 is 1.42 bits per heavy atom. The van der Waals surface area contributed by atoms with E-state index in [0.717, 1.165) is 19.4 Å². The summed E-state index contributed by atoms with van der Waals surface area (Å²) < 4.78 is 5.36. The molecule has 1 aliphatic rings. The highest BCUT2D eigenvalue weighted by Gasteiger charge is 2.22. The maximum absolute atomic E-state index is 12.2. The van der Waals surface area contributed by atoms with E-state index in [9.17, 15) is 4.79 Å². The van der Waals surface area contributed by atoms with Crippen molar-refractivity contribution in [3.8, 4) is 0 Å². The number of aryl methyl sites for hydroxylation is 2. The van der Waals surface area contributed by atoms with E-state index in [1.165, 1.54) is 11.1 Å². The molecule has 0 saturated carbocycles. The number of rotatable bonds is 4. The first kappa shape index (κ1) is 14.1. The van der Waals surface area contributed by atoms with E-state index in [1.807, 2.05) is 4.90 Å². The van der Waals surface area contributed by atoms with Crippen molar-refractivity contribution in [1.29, 1.82) is 0 Å². The molecule has 3 heteroatoms. The molecule has 0 radical (unpaired) electrons. The number of nitrogens with zero attached hydrogens (tertiary/aromatic N) is 1. The summed E-state index contributed by atoms with van der Waals surface area (Å²) in [4.78, 5) is 14.1. The van der Waals surface area contributed by atoms with Crippen molar-refractivity contribution >= 4 is 5.91 Å². The second-order valence-electron chi connectivity index (χ2n) is 5.29. The van der Waals surface area contributed by atoms with E-state index in [0.29, 0.717) is 19.6 Å². The van der Waals surface area contributed by atoms with Crippen molar-refractivity contribution < 1.29 is 9.53 Å². The van der Waals surface area contributed by atoms with Crippen molar-refractivity contribution in [2.24, 2.45) is 0 Å². The summed E-state index contributed by atoms with van der Waals surface area (Å²) in [5, 5.41) is 0. The molecule has 0 aromatic heterocycles. The molecule has 1 aliphatic heterocycles. The Kier molecular flexibility index (Phi) is 4.97. The zero-order valence-corrected chi connectivity index (χ0v) is 11.9. The fraction of sp³-hybridized carbons (Fsp3) is 0.562. The number of morpholine rings is 1. The SMILES string of the molecule is Cc1ccccc1CCCC(=O)N1CCOCC1C.